The van der Waals surface area contributed by atoms with Crippen molar-refractivity contribution in [1.82, 2.24) is 10.3 Å². The number of hydrogen-bond acceptors (Lipinski definition) is 7. The Morgan fingerprint density at radius 3 is 2.50 bits per heavy atom. The van der Waals surface area contributed by atoms with E-state index in [4.69, 9.17) is 0 Å². The minimum atomic E-state index is -0.457. The Morgan fingerprint density at radius 2 is 1.84 bits per heavy atom. The number of benzene rings is 2. The van der Waals surface area contributed by atoms with Crippen LogP contribution in [0.2, 0.25) is 0 Å². The highest BCUT2D eigenvalue weighted by atomic mass is 32.1. The average Bonchev–Trinajstić information content (AvgIpc) is 3.24. The zero-order valence-electron chi connectivity index (χ0n) is 17.2. The van der Waals surface area contributed by atoms with Gasteiger partial charge in [-0.2, -0.15) is 0 Å². The van der Waals surface area contributed by atoms with Crippen molar-refractivity contribution in [3.63, 3.8) is 0 Å². The fraction of sp³-hybridized carbons (Fsp3) is 0.136. The van der Waals surface area contributed by atoms with E-state index in [9.17, 15) is 19.7 Å². The molecule has 0 aliphatic carbocycles. The van der Waals surface area contributed by atoms with E-state index >= 15 is 0 Å². The third-order valence-corrected chi connectivity index (χ3v) is 5.11. The largest absolute Gasteiger partial charge is 0.383 e. The summed E-state index contributed by atoms with van der Waals surface area (Å²) < 4.78 is 0. The summed E-state index contributed by atoms with van der Waals surface area (Å²) >= 11 is 1.31. The number of hydrogen-bond donors (Lipinski definition) is 2. The fourth-order valence-corrected chi connectivity index (χ4v) is 3.63. The van der Waals surface area contributed by atoms with Crippen LogP contribution in [0, 0.1) is 10.1 Å². The lowest BCUT2D eigenvalue weighted by Gasteiger charge is -2.17. The van der Waals surface area contributed by atoms with Crippen LogP contribution in [0.5, 0.6) is 0 Å². The molecule has 1 heterocycles. The van der Waals surface area contributed by atoms with Gasteiger partial charge in [-0.15, -0.1) is 11.3 Å². The molecule has 3 aromatic rings. The Kier molecular flexibility index (Phi) is 7.65. The van der Waals surface area contributed by atoms with E-state index in [0.29, 0.717) is 23.9 Å². The molecule has 2 amide bonds. The standard InChI is InChI=1S/C22H21N5O4S/c1-16(28)26(19-5-3-2-4-6-19)22-25-18(15-32-22)9-12-21(29)24-14-13-23-17-7-10-20(11-8-17)27(30)31/h2-12,15,23H,13-14H2,1H3,(H,24,29)/b12-9+. The monoisotopic (exact) mass is 451 g/mol. The third-order valence-electron chi connectivity index (χ3n) is 4.27. The first-order valence-electron chi connectivity index (χ1n) is 9.69. The summed E-state index contributed by atoms with van der Waals surface area (Å²) in [6.07, 6.45) is 2.97. The fourth-order valence-electron chi connectivity index (χ4n) is 2.77. The van der Waals surface area contributed by atoms with Crippen molar-refractivity contribution in [1.29, 1.82) is 0 Å². The van der Waals surface area contributed by atoms with E-state index in [1.807, 2.05) is 30.3 Å². The van der Waals surface area contributed by atoms with E-state index in [2.05, 4.69) is 15.6 Å². The second-order valence-corrected chi connectivity index (χ2v) is 7.44. The predicted molar refractivity (Wildman–Crippen MR) is 125 cm³/mol. The molecule has 9 nitrogen and oxygen atoms in total. The normalized spacial score (nSPS) is 10.7. The van der Waals surface area contributed by atoms with Gasteiger partial charge in [-0.25, -0.2) is 4.98 Å². The molecular formula is C22H21N5O4S. The summed E-state index contributed by atoms with van der Waals surface area (Å²) in [6.45, 7) is 2.31. The van der Waals surface area contributed by atoms with Gasteiger partial charge < -0.3 is 10.6 Å². The van der Waals surface area contributed by atoms with Gasteiger partial charge in [0.2, 0.25) is 11.8 Å². The van der Waals surface area contributed by atoms with Gasteiger partial charge in [0.05, 0.1) is 16.3 Å². The van der Waals surface area contributed by atoms with Gasteiger partial charge in [-0.3, -0.25) is 24.6 Å². The second kappa shape index (κ2) is 10.8. The highest BCUT2D eigenvalue weighted by Gasteiger charge is 2.17. The number of para-hydroxylation sites is 1. The minimum absolute atomic E-state index is 0.0226. The Labute approximate surface area is 188 Å². The number of nitro benzene ring substituents is 1. The molecule has 2 N–H and O–H groups in total. The Balaban J connectivity index is 1.49. The highest BCUT2D eigenvalue weighted by Crippen LogP contribution is 2.29. The molecule has 0 saturated heterocycles. The predicted octanol–water partition coefficient (Wildman–Crippen LogP) is 3.98. The number of carbonyl (C=O) groups is 2. The molecule has 0 unspecified atom stereocenters. The minimum Gasteiger partial charge on any atom is -0.383 e. The van der Waals surface area contributed by atoms with Gasteiger partial charge in [-0.1, -0.05) is 18.2 Å². The van der Waals surface area contributed by atoms with Crippen molar-refractivity contribution in [2.24, 2.45) is 0 Å². The second-order valence-electron chi connectivity index (χ2n) is 6.60. The van der Waals surface area contributed by atoms with Crippen LogP contribution in [0.1, 0.15) is 12.6 Å². The van der Waals surface area contributed by atoms with Gasteiger partial charge in [0.15, 0.2) is 5.13 Å². The maximum Gasteiger partial charge on any atom is 0.269 e. The molecule has 0 atom stereocenters. The van der Waals surface area contributed by atoms with Crippen molar-refractivity contribution < 1.29 is 14.5 Å². The van der Waals surface area contributed by atoms with Gasteiger partial charge >= 0.3 is 0 Å². The SMILES string of the molecule is CC(=O)N(c1ccccc1)c1nc(/C=C/C(=O)NCCNc2ccc([N+](=O)[O-])cc2)cs1. The van der Waals surface area contributed by atoms with Gasteiger partial charge in [0.25, 0.3) is 5.69 Å². The summed E-state index contributed by atoms with van der Waals surface area (Å²) in [5.74, 6) is -0.434. The van der Waals surface area contributed by atoms with Crippen molar-refractivity contribution in [2.75, 3.05) is 23.3 Å². The Bertz CT molecular complexity index is 1110. The molecule has 0 fully saturated rings. The molecule has 3 rings (SSSR count). The van der Waals surface area contributed by atoms with Crippen LogP contribution in [-0.4, -0.2) is 34.8 Å². The van der Waals surface area contributed by atoms with Crippen LogP contribution in [0.3, 0.4) is 0 Å². The van der Waals surface area contributed by atoms with Crippen LogP contribution >= 0.6 is 11.3 Å². The molecule has 0 bridgehead atoms. The molecule has 0 aliphatic rings. The quantitative estimate of drug-likeness (QED) is 0.220. The number of nitro groups is 1. The average molecular weight is 452 g/mol. The molecular weight excluding hydrogens is 430 g/mol. The molecule has 2 aromatic carbocycles. The van der Waals surface area contributed by atoms with Gasteiger partial charge in [0.1, 0.15) is 0 Å². The lowest BCUT2D eigenvalue weighted by Crippen LogP contribution is -2.27. The highest BCUT2D eigenvalue weighted by molar-refractivity contribution is 7.14. The maximum absolute atomic E-state index is 12.1. The molecule has 0 aliphatic heterocycles. The summed E-state index contributed by atoms with van der Waals surface area (Å²) in [5.41, 5.74) is 2.05. The number of non-ortho nitro benzene ring substituents is 1. The summed E-state index contributed by atoms with van der Waals surface area (Å²) in [5, 5.41) is 18.8. The molecule has 164 valence electrons. The molecule has 0 spiro atoms. The first-order valence-corrected chi connectivity index (χ1v) is 10.6. The smallest absolute Gasteiger partial charge is 0.269 e. The van der Waals surface area contributed by atoms with Crippen LogP contribution in [0.15, 0.2) is 66.1 Å². The van der Waals surface area contributed by atoms with E-state index < -0.39 is 4.92 Å². The molecule has 1 aromatic heterocycles. The van der Waals surface area contributed by atoms with E-state index in [0.717, 1.165) is 11.4 Å². The number of nitrogens with zero attached hydrogens (tertiary/aromatic N) is 3. The number of thiazole rings is 1. The summed E-state index contributed by atoms with van der Waals surface area (Å²) in [7, 11) is 0. The van der Waals surface area contributed by atoms with Crippen LogP contribution in [0.25, 0.3) is 6.08 Å². The number of aromatic nitrogens is 1. The van der Waals surface area contributed by atoms with Crippen LogP contribution < -0.4 is 15.5 Å². The molecule has 0 saturated carbocycles. The van der Waals surface area contributed by atoms with Crippen molar-refractivity contribution in [3.05, 3.63) is 81.9 Å². The van der Waals surface area contributed by atoms with E-state index in [-0.39, 0.29) is 17.5 Å². The Morgan fingerprint density at radius 1 is 1.12 bits per heavy atom. The topological polar surface area (TPSA) is 117 Å². The molecule has 0 radical (unpaired) electrons. The Hall–Kier alpha value is -4.05. The molecule has 32 heavy (non-hydrogen) atoms. The zero-order chi connectivity index (χ0) is 22.9. The van der Waals surface area contributed by atoms with Crippen molar-refractivity contribution >= 4 is 51.4 Å². The lowest BCUT2D eigenvalue weighted by atomic mass is 10.3. The van der Waals surface area contributed by atoms with E-state index in [1.54, 1.807) is 23.6 Å². The van der Waals surface area contributed by atoms with Crippen LogP contribution in [-0.2, 0) is 9.59 Å². The summed E-state index contributed by atoms with van der Waals surface area (Å²) in [6, 6.07) is 15.3. The van der Waals surface area contributed by atoms with Crippen molar-refractivity contribution in [3.8, 4) is 0 Å². The number of anilines is 3. The number of carbonyl (C=O) groups excluding carboxylic acids is 2. The van der Waals surface area contributed by atoms with Crippen LogP contribution in [0.4, 0.5) is 22.2 Å². The summed E-state index contributed by atoms with van der Waals surface area (Å²) in [4.78, 5) is 40.3. The number of nitrogens with one attached hydrogen (secondary N) is 2. The zero-order valence-corrected chi connectivity index (χ0v) is 18.0. The number of amides is 2. The van der Waals surface area contributed by atoms with Crippen molar-refractivity contribution in [2.45, 2.75) is 6.92 Å². The third kappa shape index (κ3) is 6.22. The lowest BCUT2D eigenvalue weighted by molar-refractivity contribution is -0.384. The first-order chi connectivity index (χ1) is 15.4. The first kappa shape index (κ1) is 22.6. The maximum atomic E-state index is 12.1. The van der Waals surface area contributed by atoms with E-state index in [1.165, 1.54) is 41.4 Å². The van der Waals surface area contributed by atoms with Gasteiger partial charge in [0, 0.05) is 49.3 Å². The molecule has 10 heteroatoms. The van der Waals surface area contributed by atoms with Gasteiger partial charge in [-0.05, 0) is 30.3 Å². The number of rotatable bonds is 9.